The molecule has 0 saturated carbocycles. The molecule has 0 radical (unpaired) electrons. The van der Waals surface area contributed by atoms with Crippen LogP contribution in [0.1, 0.15) is 19.5 Å². The van der Waals surface area contributed by atoms with Gasteiger partial charge in [-0.05, 0) is 32.9 Å². The Morgan fingerprint density at radius 2 is 2.08 bits per heavy atom. The second kappa shape index (κ2) is 4.29. The molecule has 0 amide bonds. The van der Waals surface area contributed by atoms with Crippen molar-refractivity contribution in [2.45, 2.75) is 30.5 Å². The van der Waals surface area contributed by atoms with Crippen LogP contribution in [0.15, 0.2) is 17.2 Å². The molecule has 0 spiro atoms. The first kappa shape index (κ1) is 10.8. The van der Waals surface area contributed by atoms with Gasteiger partial charge in [0.05, 0.1) is 5.69 Å². The highest BCUT2D eigenvalue weighted by Gasteiger charge is 2.18. The Morgan fingerprint density at radius 1 is 1.38 bits per heavy atom. The molecule has 0 aromatic carbocycles. The second-order valence-electron chi connectivity index (χ2n) is 3.51. The van der Waals surface area contributed by atoms with E-state index in [0.29, 0.717) is 5.88 Å². The summed E-state index contributed by atoms with van der Waals surface area (Å²) in [4.78, 5) is 0. The van der Waals surface area contributed by atoms with Gasteiger partial charge in [-0.15, -0.1) is 16.7 Å². The van der Waals surface area contributed by atoms with Crippen molar-refractivity contribution in [1.29, 1.82) is 0 Å². The number of rotatable bonds is 3. The average Bonchev–Trinajstić information content (AvgIpc) is 2.09. The summed E-state index contributed by atoms with van der Waals surface area (Å²) in [5, 5.41) is 8.98. The summed E-state index contributed by atoms with van der Waals surface area (Å²) < 4.78 is 0.0193. The molecule has 0 aliphatic heterocycles. The predicted molar refractivity (Wildman–Crippen MR) is 57.4 cm³/mol. The Balaban J connectivity index is 2.69. The van der Waals surface area contributed by atoms with Crippen LogP contribution in [0.3, 0.4) is 0 Å². The average molecular weight is 217 g/mol. The smallest absolute Gasteiger partial charge is 0.119 e. The van der Waals surface area contributed by atoms with Crippen molar-refractivity contribution in [2.75, 3.05) is 5.88 Å². The van der Waals surface area contributed by atoms with Gasteiger partial charge < -0.3 is 0 Å². The number of aryl methyl sites for hydroxylation is 1. The van der Waals surface area contributed by atoms with Crippen LogP contribution < -0.4 is 0 Å². The molecule has 4 heteroatoms. The first-order valence-electron chi connectivity index (χ1n) is 4.09. The quantitative estimate of drug-likeness (QED) is 0.574. The fourth-order valence-corrected chi connectivity index (χ4v) is 1.75. The summed E-state index contributed by atoms with van der Waals surface area (Å²) in [5.74, 6) is 0.604. The molecule has 0 saturated heterocycles. The second-order valence-corrected chi connectivity index (χ2v) is 5.50. The van der Waals surface area contributed by atoms with Crippen LogP contribution in [0.5, 0.6) is 0 Å². The van der Waals surface area contributed by atoms with Crippen molar-refractivity contribution in [3.8, 4) is 0 Å². The molecule has 0 aliphatic carbocycles. The Kier molecular flexibility index (Phi) is 3.56. The molecule has 72 valence electrons. The van der Waals surface area contributed by atoms with Gasteiger partial charge in [-0.25, -0.2) is 0 Å². The Morgan fingerprint density at radius 3 is 2.54 bits per heavy atom. The maximum absolute atomic E-state index is 5.81. The van der Waals surface area contributed by atoms with Crippen molar-refractivity contribution < 1.29 is 0 Å². The zero-order valence-electron chi connectivity index (χ0n) is 8.04. The van der Waals surface area contributed by atoms with Gasteiger partial charge in [0.2, 0.25) is 0 Å². The van der Waals surface area contributed by atoms with E-state index < -0.39 is 0 Å². The topological polar surface area (TPSA) is 25.8 Å². The summed E-state index contributed by atoms with van der Waals surface area (Å²) in [6.45, 7) is 6.10. The lowest BCUT2D eigenvalue weighted by Crippen LogP contribution is -2.16. The number of thioether (sulfide) groups is 1. The van der Waals surface area contributed by atoms with Crippen LogP contribution in [0, 0.1) is 6.92 Å². The van der Waals surface area contributed by atoms with Crippen LogP contribution in [-0.4, -0.2) is 20.8 Å². The summed E-state index contributed by atoms with van der Waals surface area (Å²) in [6, 6.07) is 3.93. The van der Waals surface area contributed by atoms with E-state index >= 15 is 0 Å². The molecule has 0 aliphatic rings. The highest BCUT2D eigenvalue weighted by atomic mass is 35.5. The van der Waals surface area contributed by atoms with E-state index in [0.717, 1.165) is 10.7 Å². The number of hydrogen-bond donors (Lipinski definition) is 0. The molecule has 2 nitrogen and oxygen atoms in total. The van der Waals surface area contributed by atoms with Crippen LogP contribution >= 0.6 is 23.4 Å². The lowest BCUT2D eigenvalue weighted by atomic mass is 10.2. The van der Waals surface area contributed by atoms with Crippen molar-refractivity contribution in [3.63, 3.8) is 0 Å². The predicted octanol–water partition coefficient (Wildman–Crippen LogP) is 2.89. The van der Waals surface area contributed by atoms with E-state index in [-0.39, 0.29) is 4.75 Å². The van der Waals surface area contributed by atoms with Crippen LogP contribution in [0.2, 0.25) is 0 Å². The lowest BCUT2D eigenvalue weighted by Gasteiger charge is -2.19. The third-order valence-corrected chi connectivity index (χ3v) is 3.43. The largest absolute Gasteiger partial charge is 0.155 e. The van der Waals surface area contributed by atoms with Gasteiger partial charge in [0, 0.05) is 10.6 Å². The first-order chi connectivity index (χ1) is 6.03. The maximum Gasteiger partial charge on any atom is 0.119 e. The molecular weight excluding hydrogens is 204 g/mol. The van der Waals surface area contributed by atoms with Gasteiger partial charge in [0.15, 0.2) is 0 Å². The van der Waals surface area contributed by atoms with Gasteiger partial charge in [-0.3, -0.25) is 0 Å². The number of hydrogen-bond acceptors (Lipinski definition) is 3. The zero-order valence-corrected chi connectivity index (χ0v) is 9.61. The normalized spacial score (nSPS) is 11.7. The van der Waals surface area contributed by atoms with Gasteiger partial charge in [-0.2, -0.15) is 5.10 Å². The Labute approximate surface area is 88.1 Å². The van der Waals surface area contributed by atoms with Crippen LogP contribution in [0.4, 0.5) is 0 Å². The van der Waals surface area contributed by atoms with Crippen molar-refractivity contribution >= 4 is 23.4 Å². The SMILES string of the molecule is Cc1ccc(SC(C)(C)CCl)nn1. The minimum Gasteiger partial charge on any atom is -0.155 e. The third kappa shape index (κ3) is 3.53. The van der Waals surface area contributed by atoms with Crippen LogP contribution in [0.25, 0.3) is 0 Å². The number of alkyl halides is 1. The van der Waals surface area contributed by atoms with Gasteiger partial charge >= 0.3 is 0 Å². The Hall–Kier alpha value is -0.280. The van der Waals surface area contributed by atoms with E-state index in [1.165, 1.54) is 0 Å². The molecule has 13 heavy (non-hydrogen) atoms. The minimum atomic E-state index is 0.0193. The molecule has 1 aromatic heterocycles. The van der Waals surface area contributed by atoms with E-state index in [4.69, 9.17) is 11.6 Å². The molecule has 0 fully saturated rings. The lowest BCUT2D eigenvalue weighted by molar-refractivity contribution is 0.799. The zero-order chi connectivity index (χ0) is 9.90. The fraction of sp³-hybridized carbons (Fsp3) is 0.556. The van der Waals surface area contributed by atoms with Gasteiger partial charge in [0.1, 0.15) is 5.03 Å². The van der Waals surface area contributed by atoms with E-state index in [2.05, 4.69) is 24.0 Å². The van der Waals surface area contributed by atoms with E-state index in [1.54, 1.807) is 11.8 Å². The Bertz CT molecular complexity index is 271. The van der Waals surface area contributed by atoms with Crippen molar-refractivity contribution in [2.24, 2.45) is 0 Å². The van der Waals surface area contributed by atoms with Gasteiger partial charge in [-0.1, -0.05) is 11.8 Å². The maximum atomic E-state index is 5.81. The molecule has 1 rings (SSSR count). The molecule has 0 atom stereocenters. The minimum absolute atomic E-state index is 0.0193. The number of halogens is 1. The molecule has 0 bridgehead atoms. The molecular formula is C9H13ClN2S. The third-order valence-electron chi connectivity index (χ3n) is 1.48. The van der Waals surface area contributed by atoms with Crippen molar-refractivity contribution in [1.82, 2.24) is 10.2 Å². The molecule has 0 unspecified atom stereocenters. The number of nitrogens with zero attached hydrogens (tertiary/aromatic N) is 2. The van der Waals surface area contributed by atoms with Crippen LogP contribution in [-0.2, 0) is 0 Å². The molecule has 1 aromatic rings. The van der Waals surface area contributed by atoms with Crippen molar-refractivity contribution in [3.05, 3.63) is 17.8 Å². The van der Waals surface area contributed by atoms with E-state index in [1.807, 2.05) is 19.1 Å². The summed E-state index contributed by atoms with van der Waals surface area (Å²) in [6.07, 6.45) is 0. The first-order valence-corrected chi connectivity index (χ1v) is 5.44. The van der Waals surface area contributed by atoms with E-state index in [9.17, 15) is 0 Å². The molecule has 0 N–H and O–H groups in total. The summed E-state index contributed by atoms with van der Waals surface area (Å²) in [5.41, 5.74) is 0.938. The highest BCUT2D eigenvalue weighted by molar-refractivity contribution is 8.00. The monoisotopic (exact) mass is 216 g/mol. The highest BCUT2D eigenvalue weighted by Crippen LogP contribution is 2.31. The molecule has 1 heterocycles. The summed E-state index contributed by atoms with van der Waals surface area (Å²) in [7, 11) is 0. The standard InChI is InChI=1S/C9H13ClN2S/c1-7-4-5-8(12-11-7)13-9(2,3)6-10/h4-5H,6H2,1-3H3. The summed E-state index contributed by atoms with van der Waals surface area (Å²) >= 11 is 7.45. The fourth-order valence-electron chi connectivity index (χ4n) is 0.751. The van der Waals surface area contributed by atoms with Gasteiger partial charge in [0.25, 0.3) is 0 Å². The number of aromatic nitrogens is 2.